The zero-order valence-corrected chi connectivity index (χ0v) is 15.8. The average molecular weight is 377 g/mol. The van der Waals surface area contributed by atoms with E-state index in [9.17, 15) is 4.79 Å². The number of rotatable bonds is 5. The largest absolute Gasteiger partial charge is 0.481 e. The monoisotopic (exact) mass is 377 g/mol. The molecule has 2 aromatic heterocycles. The van der Waals surface area contributed by atoms with Gasteiger partial charge in [0.05, 0.1) is 0 Å². The van der Waals surface area contributed by atoms with Crippen molar-refractivity contribution in [3.63, 3.8) is 0 Å². The molecule has 0 aliphatic carbocycles. The summed E-state index contributed by atoms with van der Waals surface area (Å²) in [7, 11) is 0. The summed E-state index contributed by atoms with van der Waals surface area (Å²) in [5.41, 5.74) is 0. The first-order valence-electron chi connectivity index (χ1n) is 9.43. The summed E-state index contributed by atoms with van der Waals surface area (Å²) >= 11 is 0. The molecule has 1 aromatic carbocycles. The van der Waals surface area contributed by atoms with Crippen LogP contribution in [0.5, 0.6) is 5.75 Å². The molecule has 7 nitrogen and oxygen atoms in total. The number of nitrogens with zero attached hydrogens (tertiary/aromatic N) is 5. The number of hydrogen-bond donors (Lipinski definition) is 0. The van der Waals surface area contributed by atoms with Crippen molar-refractivity contribution >= 4 is 11.7 Å². The minimum absolute atomic E-state index is 0.0116. The highest BCUT2D eigenvalue weighted by atomic mass is 16.5. The molecule has 7 heteroatoms. The van der Waals surface area contributed by atoms with Crippen LogP contribution in [-0.4, -0.2) is 57.9 Å². The van der Waals surface area contributed by atoms with Crippen molar-refractivity contribution < 1.29 is 9.53 Å². The lowest BCUT2D eigenvalue weighted by atomic mass is 10.2. The molecule has 0 bridgehead atoms. The number of carbonyl (C=O) groups excluding carboxylic acids is 1. The lowest BCUT2D eigenvalue weighted by molar-refractivity contribution is -0.138. The van der Waals surface area contributed by atoms with Gasteiger partial charge in [0.2, 0.25) is 0 Å². The Balaban J connectivity index is 1.32. The van der Waals surface area contributed by atoms with Crippen LogP contribution in [0.15, 0.2) is 67.0 Å². The van der Waals surface area contributed by atoms with Crippen molar-refractivity contribution in [3.8, 4) is 11.6 Å². The van der Waals surface area contributed by atoms with Crippen LogP contribution >= 0.6 is 0 Å². The second-order valence-corrected chi connectivity index (χ2v) is 6.73. The number of anilines is 1. The van der Waals surface area contributed by atoms with Gasteiger partial charge in [0.15, 0.2) is 17.7 Å². The summed E-state index contributed by atoms with van der Waals surface area (Å²) in [6.45, 7) is 4.53. The summed E-state index contributed by atoms with van der Waals surface area (Å²) in [6, 6.07) is 17.3. The van der Waals surface area contributed by atoms with Gasteiger partial charge in [-0.3, -0.25) is 4.79 Å². The molecule has 0 N–H and O–H groups in total. The van der Waals surface area contributed by atoms with Gasteiger partial charge in [-0.25, -0.2) is 0 Å². The van der Waals surface area contributed by atoms with E-state index in [2.05, 4.69) is 15.1 Å². The van der Waals surface area contributed by atoms with Crippen LogP contribution in [0.2, 0.25) is 0 Å². The second kappa shape index (κ2) is 8.12. The smallest absolute Gasteiger partial charge is 0.263 e. The van der Waals surface area contributed by atoms with Crippen LogP contribution in [-0.2, 0) is 4.79 Å². The second-order valence-electron chi connectivity index (χ2n) is 6.73. The number of aromatic nitrogens is 3. The molecule has 1 aliphatic rings. The average Bonchev–Trinajstić information content (AvgIpc) is 3.29. The molecule has 1 saturated heterocycles. The molecule has 4 rings (SSSR count). The molecule has 144 valence electrons. The van der Waals surface area contributed by atoms with Crippen molar-refractivity contribution in [2.24, 2.45) is 0 Å². The first-order chi connectivity index (χ1) is 13.7. The fourth-order valence-electron chi connectivity index (χ4n) is 3.28. The summed E-state index contributed by atoms with van der Waals surface area (Å²) in [4.78, 5) is 16.7. The van der Waals surface area contributed by atoms with Crippen LogP contribution in [0.1, 0.15) is 6.92 Å². The third-order valence-corrected chi connectivity index (χ3v) is 4.82. The standard InChI is InChI=1S/C21H23N5O2/c1-17(28-18-7-3-2-4-8-18)21(27)26-15-13-25(14-16-26)20-10-9-19(22-23-20)24-11-5-6-12-24/h2-12,17H,13-16H2,1H3/t17-/m0/s1. The van der Waals surface area contributed by atoms with Crippen molar-refractivity contribution in [2.45, 2.75) is 13.0 Å². The van der Waals surface area contributed by atoms with Crippen LogP contribution in [0, 0.1) is 0 Å². The van der Waals surface area contributed by atoms with E-state index in [0.717, 1.165) is 24.7 Å². The van der Waals surface area contributed by atoms with E-state index in [-0.39, 0.29) is 5.91 Å². The van der Waals surface area contributed by atoms with Gasteiger partial charge in [-0.2, -0.15) is 0 Å². The van der Waals surface area contributed by atoms with E-state index in [1.807, 2.05) is 76.5 Å². The highest BCUT2D eigenvalue weighted by Gasteiger charge is 2.26. The Morgan fingerprint density at radius 3 is 2.18 bits per heavy atom. The van der Waals surface area contributed by atoms with Crippen molar-refractivity contribution in [1.82, 2.24) is 19.7 Å². The maximum absolute atomic E-state index is 12.7. The molecule has 1 amide bonds. The Morgan fingerprint density at radius 1 is 0.893 bits per heavy atom. The summed E-state index contributed by atoms with van der Waals surface area (Å²) in [5.74, 6) is 2.34. The molecule has 1 aliphatic heterocycles. The zero-order chi connectivity index (χ0) is 19.3. The van der Waals surface area contributed by atoms with Gasteiger partial charge in [-0.1, -0.05) is 18.2 Å². The number of ether oxygens (including phenoxy) is 1. The van der Waals surface area contributed by atoms with Gasteiger partial charge < -0.3 is 19.1 Å². The SMILES string of the molecule is C[C@H](Oc1ccccc1)C(=O)N1CCN(c2ccc(-n3cccc3)nn2)CC1. The third kappa shape index (κ3) is 3.98. The molecule has 3 heterocycles. The molecular formula is C21H23N5O2. The Hall–Kier alpha value is -3.35. The molecule has 0 unspecified atom stereocenters. The topological polar surface area (TPSA) is 63.5 Å². The molecule has 0 radical (unpaired) electrons. The molecular weight excluding hydrogens is 354 g/mol. The normalized spacial score (nSPS) is 15.3. The highest BCUT2D eigenvalue weighted by Crippen LogP contribution is 2.16. The minimum Gasteiger partial charge on any atom is -0.481 e. The summed E-state index contributed by atoms with van der Waals surface area (Å²) in [5, 5.41) is 8.64. The van der Waals surface area contributed by atoms with Crippen molar-refractivity contribution in [1.29, 1.82) is 0 Å². The van der Waals surface area contributed by atoms with Gasteiger partial charge >= 0.3 is 0 Å². The number of amides is 1. The Labute approximate surface area is 164 Å². The highest BCUT2D eigenvalue weighted by molar-refractivity contribution is 5.81. The Bertz CT molecular complexity index is 888. The molecule has 3 aromatic rings. The number of benzene rings is 1. The first-order valence-corrected chi connectivity index (χ1v) is 9.43. The molecule has 1 fully saturated rings. The maximum atomic E-state index is 12.7. The fraction of sp³-hybridized carbons (Fsp3) is 0.286. The first kappa shape index (κ1) is 18.0. The zero-order valence-electron chi connectivity index (χ0n) is 15.8. The molecule has 1 atom stereocenters. The quantitative estimate of drug-likeness (QED) is 0.683. The van der Waals surface area contributed by atoms with Gasteiger partial charge in [-0.05, 0) is 43.3 Å². The van der Waals surface area contributed by atoms with Crippen LogP contribution in [0.4, 0.5) is 5.82 Å². The van der Waals surface area contributed by atoms with Crippen LogP contribution in [0.3, 0.4) is 0 Å². The number of piperazine rings is 1. The van der Waals surface area contributed by atoms with E-state index in [1.54, 1.807) is 6.92 Å². The van der Waals surface area contributed by atoms with Crippen LogP contribution in [0.25, 0.3) is 5.82 Å². The van der Waals surface area contributed by atoms with Crippen LogP contribution < -0.4 is 9.64 Å². The van der Waals surface area contributed by atoms with Crippen molar-refractivity contribution in [3.05, 3.63) is 67.0 Å². The Morgan fingerprint density at radius 2 is 1.54 bits per heavy atom. The van der Waals surface area contributed by atoms with E-state index >= 15 is 0 Å². The van der Waals surface area contributed by atoms with E-state index in [1.165, 1.54) is 0 Å². The Kier molecular flexibility index (Phi) is 5.23. The van der Waals surface area contributed by atoms with Gasteiger partial charge in [-0.15, -0.1) is 10.2 Å². The summed E-state index contributed by atoms with van der Waals surface area (Å²) in [6.07, 6.45) is 3.37. The fourth-order valence-corrected chi connectivity index (χ4v) is 3.28. The van der Waals surface area contributed by atoms with E-state index < -0.39 is 6.10 Å². The third-order valence-electron chi connectivity index (χ3n) is 4.82. The summed E-state index contributed by atoms with van der Waals surface area (Å²) < 4.78 is 7.68. The lowest BCUT2D eigenvalue weighted by Gasteiger charge is -2.36. The molecule has 0 spiro atoms. The van der Waals surface area contributed by atoms with E-state index in [4.69, 9.17) is 4.74 Å². The minimum atomic E-state index is -0.505. The number of para-hydroxylation sites is 1. The maximum Gasteiger partial charge on any atom is 0.263 e. The van der Waals surface area contributed by atoms with Gasteiger partial charge in [0.1, 0.15) is 5.75 Å². The van der Waals surface area contributed by atoms with Gasteiger partial charge in [0.25, 0.3) is 5.91 Å². The predicted octanol–water partition coefficient (Wildman–Crippen LogP) is 2.38. The number of carbonyl (C=O) groups is 1. The molecule has 28 heavy (non-hydrogen) atoms. The predicted molar refractivity (Wildman–Crippen MR) is 107 cm³/mol. The number of hydrogen-bond acceptors (Lipinski definition) is 5. The molecule has 0 saturated carbocycles. The lowest BCUT2D eigenvalue weighted by Crippen LogP contribution is -2.52. The van der Waals surface area contributed by atoms with Gasteiger partial charge in [0, 0.05) is 38.6 Å². The van der Waals surface area contributed by atoms with Crippen molar-refractivity contribution in [2.75, 3.05) is 31.1 Å². The van der Waals surface area contributed by atoms with E-state index in [0.29, 0.717) is 18.8 Å².